The lowest BCUT2D eigenvalue weighted by Crippen LogP contribution is -2.17. The van der Waals surface area contributed by atoms with Crippen LogP contribution in [0.1, 0.15) is 29.5 Å². The van der Waals surface area contributed by atoms with Crippen LogP contribution < -0.4 is 21.3 Å². The Labute approximate surface area is 275 Å². The van der Waals surface area contributed by atoms with E-state index >= 15 is 0 Å². The number of aromatic nitrogens is 6. The molecular formula is C36H40N10O. The molecule has 0 amide bonds. The van der Waals surface area contributed by atoms with Crippen LogP contribution in [0.2, 0.25) is 0 Å². The third kappa shape index (κ3) is 7.63. The lowest BCUT2D eigenvalue weighted by Gasteiger charge is -2.11. The molecule has 11 nitrogen and oxygen atoms in total. The van der Waals surface area contributed by atoms with E-state index in [1.165, 1.54) is 0 Å². The minimum absolute atomic E-state index is 0.545. The molecule has 0 atom stereocenters. The Bertz CT molecular complexity index is 2050. The van der Waals surface area contributed by atoms with Gasteiger partial charge in [-0.25, -0.2) is 9.97 Å². The van der Waals surface area contributed by atoms with Gasteiger partial charge in [-0.2, -0.15) is 0 Å². The number of imidazole rings is 2. The molecule has 0 aliphatic rings. The zero-order valence-electron chi connectivity index (χ0n) is 27.6. The van der Waals surface area contributed by atoms with Crippen LogP contribution in [0.4, 0.5) is 17.2 Å². The predicted octanol–water partition coefficient (Wildman–Crippen LogP) is 5.97. The van der Waals surface area contributed by atoms with Crippen LogP contribution >= 0.6 is 0 Å². The molecule has 4 aromatic heterocycles. The molecule has 0 saturated heterocycles. The molecule has 4 N–H and O–H groups in total. The average molecular weight is 629 g/mol. The molecule has 240 valence electrons. The Balaban J connectivity index is 1.39. The van der Waals surface area contributed by atoms with Crippen LogP contribution in [0.5, 0.6) is 0 Å². The summed E-state index contributed by atoms with van der Waals surface area (Å²) in [5.74, 6) is 2.55. The highest BCUT2D eigenvalue weighted by molar-refractivity contribution is 5.77. The summed E-state index contributed by atoms with van der Waals surface area (Å²) in [6.07, 6.45) is 9.96. The summed E-state index contributed by atoms with van der Waals surface area (Å²) in [6.45, 7) is 19.7. The maximum Gasteiger partial charge on any atom is 0.185 e. The minimum atomic E-state index is 0.545. The van der Waals surface area contributed by atoms with Crippen molar-refractivity contribution in [1.29, 1.82) is 0 Å². The van der Waals surface area contributed by atoms with Crippen molar-refractivity contribution >= 4 is 40.0 Å². The van der Waals surface area contributed by atoms with Crippen LogP contribution in [0, 0.1) is 0 Å². The van der Waals surface area contributed by atoms with Gasteiger partial charge < -0.3 is 44.3 Å². The van der Waals surface area contributed by atoms with E-state index in [9.17, 15) is 0 Å². The Morgan fingerprint density at radius 2 is 1.34 bits per heavy atom. The van der Waals surface area contributed by atoms with E-state index < -0.39 is 0 Å². The first-order valence-electron chi connectivity index (χ1n) is 14.6. The largest absolute Gasteiger partial charge is 0.487 e. The fourth-order valence-corrected chi connectivity index (χ4v) is 4.93. The quantitative estimate of drug-likeness (QED) is 0.0951. The fraction of sp³-hybridized carbons (Fsp3) is 0.194. The Morgan fingerprint density at radius 3 is 1.89 bits per heavy atom. The van der Waals surface area contributed by atoms with Gasteiger partial charge >= 0.3 is 0 Å². The number of nitrogens with zero attached hydrogens (tertiary/aromatic N) is 6. The number of hydrogen-bond acceptors (Lipinski definition) is 7. The zero-order chi connectivity index (χ0) is 34.1. The number of anilines is 3. The minimum Gasteiger partial charge on any atom is -0.487 e. The van der Waals surface area contributed by atoms with Crippen LogP contribution in [0.15, 0.2) is 110 Å². The van der Waals surface area contributed by atoms with Crippen LogP contribution in [-0.4, -0.2) is 41.9 Å². The zero-order valence-corrected chi connectivity index (χ0v) is 27.6. The molecule has 11 heteroatoms. The molecule has 0 aliphatic heterocycles. The van der Waals surface area contributed by atoms with Gasteiger partial charge in [-0.15, -0.1) is 11.5 Å². The SMILES string of the molecule is C=C=C(CCNC(=C=C)c1cc(NC(=C=C)c2nccn2C)cn1C)Nc1cn(C)c(C(=C=C)Nc2cc(C(=C=C)OC)n(C)c2)n1. The monoisotopic (exact) mass is 628 g/mol. The lowest BCUT2D eigenvalue weighted by atomic mass is 10.2. The molecule has 0 aromatic carbocycles. The Kier molecular flexibility index (Phi) is 10.7. The fourth-order valence-electron chi connectivity index (χ4n) is 4.93. The summed E-state index contributed by atoms with van der Waals surface area (Å²) in [5.41, 5.74) is 20.9. The second-order valence-electron chi connectivity index (χ2n) is 10.4. The standard InChI is InChI=1S/C36H40N10O/c1-11-25(16-17-37-28(12-2)31-20-26(22-44(31)7)39-29(13-3)35-38-18-19-43(35)6)41-34-24-46(9)36(42-34)30(14-4)40-27-21-32(45(8)23-27)33(15-5)47-10/h18-24,37,39-41H,1-5,16-17H2,6-10H3. The molecule has 0 bridgehead atoms. The van der Waals surface area contributed by atoms with Crippen LogP contribution in [0.25, 0.3) is 22.9 Å². The van der Waals surface area contributed by atoms with Crippen molar-refractivity contribution in [1.82, 2.24) is 33.6 Å². The summed E-state index contributed by atoms with van der Waals surface area (Å²) < 4.78 is 13.1. The summed E-state index contributed by atoms with van der Waals surface area (Å²) in [7, 11) is 9.28. The average Bonchev–Trinajstić information content (AvgIpc) is 3.84. The van der Waals surface area contributed by atoms with Gasteiger partial charge in [0, 0.05) is 72.1 Å². The van der Waals surface area contributed by atoms with Crippen molar-refractivity contribution in [2.45, 2.75) is 6.42 Å². The maximum absolute atomic E-state index is 5.37. The van der Waals surface area contributed by atoms with Gasteiger partial charge in [0.25, 0.3) is 0 Å². The van der Waals surface area contributed by atoms with Gasteiger partial charge in [0.2, 0.25) is 0 Å². The first-order chi connectivity index (χ1) is 22.6. The van der Waals surface area contributed by atoms with Crippen molar-refractivity contribution in [3.63, 3.8) is 0 Å². The topological polar surface area (TPSA) is 103 Å². The number of ether oxygens (including phenoxy) is 1. The van der Waals surface area contributed by atoms with Crippen LogP contribution in [0.3, 0.4) is 0 Å². The second-order valence-corrected chi connectivity index (χ2v) is 10.4. The predicted molar refractivity (Wildman–Crippen MR) is 191 cm³/mol. The van der Waals surface area contributed by atoms with E-state index in [-0.39, 0.29) is 0 Å². The highest BCUT2D eigenvalue weighted by Crippen LogP contribution is 2.25. The normalized spacial score (nSPS) is 9.98. The van der Waals surface area contributed by atoms with Gasteiger partial charge in [0.15, 0.2) is 17.4 Å². The first kappa shape index (κ1) is 33.5. The van der Waals surface area contributed by atoms with Crippen molar-refractivity contribution < 1.29 is 4.74 Å². The molecule has 47 heavy (non-hydrogen) atoms. The van der Waals surface area contributed by atoms with Crippen molar-refractivity contribution in [2.24, 2.45) is 28.2 Å². The van der Waals surface area contributed by atoms with Crippen molar-refractivity contribution in [3.8, 4) is 0 Å². The number of methoxy groups -OCH3 is 1. The molecule has 0 radical (unpaired) electrons. The molecule has 0 unspecified atom stereocenters. The molecular weight excluding hydrogens is 588 g/mol. The number of nitrogens with one attached hydrogen (secondary N) is 4. The van der Waals surface area contributed by atoms with Gasteiger partial charge in [-0.05, 0) is 12.1 Å². The van der Waals surface area contributed by atoms with Gasteiger partial charge in [-0.3, -0.25) is 0 Å². The van der Waals surface area contributed by atoms with E-state index in [1.807, 2.05) is 83.4 Å². The Hall–Kier alpha value is -6.42. The van der Waals surface area contributed by atoms with Crippen molar-refractivity contribution in [2.75, 3.05) is 29.6 Å². The third-order valence-electron chi connectivity index (χ3n) is 7.25. The Morgan fingerprint density at radius 1 is 0.723 bits per heavy atom. The van der Waals surface area contributed by atoms with E-state index in [0.29, 0.717) is 41.8 Å². The number of rotatable bonds is 15. The van der Waals surface area contributed by atoms with E-state index in [1.54, 1.807) is 13.3 Å². The molecule has 0 fully saturated rings. The highest BCUT2D eigenvalue weighted by atomic mass is 16.5. The molecule has 4 heterocycles. The molecule has 4 rings (SSSR count). The second kappa shape index (κ2) is 15.0. The highest BCUT2D eigenvalue weighted by Gasteiger charge is 2.15. The summed E-state index contributed by atoms with van der Waals surface area (Å²) in [5, 5.41) is 13.4. The summed E-state index contributed by atoms with van der Waals surface area (Å²) >= 11 is 0. The number of aryl methyl sites for hydroxylation is 4. The van der Waals surface area contributed by atoms with Crippen molar-refractivity contribution in [3.05, 3.63) is 133 Å². The van der Waals surface area contributed by atoms with E-state index in [4.69, 9.17) is 9.72 Å². The lowest BCUT2D eigenvalue weighted by molar-refractivity contribution is 0.367. The van der Waals surface area contributed by atoms with Gasteiger partial charge in [0.1, 0.15) is 22.9 Å². The summed E-state index contributed by atoms with van der Waals surface area (Å²) in [6, 6.07) is 3.93. The van der Waals surface area contributed by atoms with Gasteiger partial charge in [-0.1, -0.05) is 50.1 Å². The van der Waals surface area contributed by atoms with Crippen LogP contribution in [-0.2, 0) is 32.9 Å². The summed E-state index contributed by atoms with van der Waals surface area (Å²) in [4.78, 5) is 9.14. The molecule has 4 aromatic rings. The van der Waals surface area contributed by atoms with E-state index in [2.05, 4.69) is 87.8 Å². The smallest absolute Gasteiger partial charge is 0.185 e. The molecule has 0 spiro atoms. The first-order valence-corrected chi connectivity index (χ1v) is 14.6. The molecule has 0 aliphatic carbocycles. The van der Waals surface area contributed by atoms with Gasteiger partial charge in [0.05, 0.1) is 35.6 Å². The molecule has 0 saturated carbocycles. The van der Waals surface area contributed by atoms with E-state index in [0.717, 1.165) is 40.0 Å². The maximum atomic E-state index is 5.37. The number of hydrogen-bond donors (Lipinski definition) is 4. The third-order valence-corrected chi connectivity index (χ3v) is 7.25.